The number of nitrogens with one attached hydrogen (secondary N) is 2. The molecule has 0 saturated heterocycles. The van der Waals surface area contributed by atoms with Crippen LogP contribution in [0.5, 0.6) is 0 Å². The predicted molar refractivity (Wildman–Crippen MR) is 99.4 cm³/mol. The van der Waals surface area contributed by atoms with Crippen LogP contribution in [-0.4, -0.2) is 31.6 Å². The van der Waals surface area contributed by atoms with Crippen molar-refractivity contribution in [1.82, 2.24) is 4.72 Å². The number of rotatable bonds is 5. The van der Waals surface area contributed by atoms with Crippen LogP contribution < -0.4 is 10.0 Å². The zero-order valence-electron chi connectivity index (χ0n) is 14.5. The van der Waals surface area contributed by atoms with Gasteiger partial charge in [-0.3, -0.25) is 4.79 Å². The van der Waals surface area contributed by atoms with Gasteiger partial charge in [-0.25, -0.2) is 13.1 Å². The topological polar surface area (TPSA) is 95.5 Å². The molecule has 1 atom stereocenters. The van der Waals surface area contributed by atoms with Crippen LogP contribution in [0.25, 0.3) is 0 Å². The predicted octanol–water partition coefficient (Wildman–Crippen LogP) is 1.84. The lowest BCUT2D eigenvalue weighted by atomic mass is 9.80. The monoisotopic (exact) mass is 374 g/mol. The number of hydrogen-bond donors (Lipinski definition) is 3. The summed E-state index contributed by atoms with van der Waals surface area (Å²) in [6.07, 6.45) is 1.65. The van der Waals surface area contributed by atoms with Crippen molar-refractivity contribution >= 4 is 21.6 Å². The molecular weight excluding hydrogens is 352 g/mol. The molecular formula is C19H22N2O4S. The van der Waals surface area contributed by atoms with E-state index in [0.29, 0.717) is 18.5 Å². The first-order valence-corrected chi connectivity index (χ1v) is 9.92. The zero-order chi connectivity index (χ0) is 18.8. The summed E-state index contributed by atoms with van der Waals surface area (Å²) in [6.45, 7) is 1.34. The van der Waals surface area contributed by atoms with E-state index in [1.165, 1.54) is 36.8 Å². The number of anilines is 1. The van der Waals surface area contributed by atoms with Crippen LogP contribution in [0, 0.1) is 0 Å². The van der Waals surface area contributed by atoms with Gasteiger partial charge in [0.15, 0.2) is 0 Å². The third kappa shape index (κ3) is 4.30. The summed E-state index contributed by atoms with van der Waals surface area (Å²) in [5, 5.41) is 13.4. The summed E-state index contributed by atoms with van der Waals surface area (Å²) in [7, 11) is -3.74. The van der Waals surface area contributed by atoms with E-state index in [9.17, 15) is 18.3 Å². The van der Waals surface area contributed by atoms with Gasteiger partial charge >= 0.3 is 0 Å². The van der Waals surface area contributed by atoms with E-state index < -0.39 is 15.6 Å². The normalized spacial score (nSPS) is 19.6. The second-order valence-corrected chi connectivity index (χ2v) is 8.47. The lowest BCUT2D eigenvalue weighted by Gasteiger charge is -2.33. The largest absolute Gasteiger partial charge is 0.388 e. The Hall–Kier alpha value is -2.22. The fourth-order valence-electron chi connectivity index (χ4n) is 3.17. The fourth-order valence-corrected chi connectivity index (χ4v) is 4.29. The number of fused-ring (bicyclic) bond motifs is 1. The molecule has 1 amide bonds. The molecule has 0 spiro atoms. The number of benzene rings is 2. The molecule has 138 valence electrons. The van der Waals surface area contributed by atoms with Gasteiger partial charge in [-0.15, -0.1) is 0 Å². The Balaban J connectivity index is 1.67. The van der Waals surface area contributed by atoms with Crippen LogP contribution in [0.4, 0.5) is 5.69 Å². The third-order valence-corrected chi connectivity index (χ3v) is 5.99. The highest BCUT2D eigenvalue weighted by Crippen LogP contribution is 2.28. The number of aliphatic hydroxyl groups is 1. The van der Waals surface area contributed by atoms with Crippen LogP contribution in [-0.2, 0) is 27.7 Å². The minimum atomic E-state index is -3.74. The maximum absolute atomic E-state index is 12.5. The quantitative estimate of drug-likeness (QED) is 0.744. The minimum Gasteiger partial charge on any atom is -0.388 e. The van der Waals surface area contributed by atoms with E-state index in [4.69, 9.17) is 0 Å². The molecule has 3 N–H and O–H groups in total. The van der Waals surface area contributed by atoms with Gasteiger partial charge in [0.2, 0.25) is 15.9 Å². The molecule has 6 nitrogen and oxygen atoms in total. The van der Waals surface area contributed by atoms with E-state index in [2.05, 4.69) is 10.0 Å². The molecule has 3 rings (SSSR count). The molecule has 0 bridgehead atoms. The molecule has 0 aliphatic heterocycles. The van der Waals surface area contributed by atoms with Crippen molar-refractivity contribution in [2.75, 3.05) is 11.9 Å². The molecule has 1 unspecified atom stereocenters. The van der Waals surface area contributed by atoms with Gasteiger partial charge in [-0.2, -0.15) is 0 Å². The Kier molecular flexibility index (Phi) is 5.13. The number of amides is 1. The summed E-state index contributed by atoms with van der Waals surface area (Å²) >= 11 is 0. The van der Waals surface area contributed by atoms with Crippen LogP contribution in [0.3, 0.4) is 0 Å². The highest BCUT2D eigenvalue weighted by atomic mass is 32.2. The van der Waals surface area contributed by atoms with Crippen molar-refractivity contribution < 1.29 is 18.3 Å². The van der Waals surface area contributed by atoms with E-state index in [0.717, 1.165) is 12.0 Å². The first kappa shape index (κ1) is 18.6. The molecule has 7 heteroatoms. The first-order valence-electron chi connectivity index (χ1n) is 8.44. The SMILES string of the molecule is CC(=O)Nc1ccc(S(=O)(=O)NCC2(O)CCc3ccccc3C2)cc1. The Morgan fingerprint density at radius 1 is 1.12 bits per heavy atom. The van der Waals surface area contributed by atoms with Gasteiger partial charge in [-0.1, -0.05) is 24.3 Å². The number of hydrogen-bond acceptors (Lipinski definition) is 4. The second-order valence-electron chi connectivity index (χ2n) is 6.70. The molecule has 1 aliphatic carbocycles. The molecule has 26 heavy (non-hydrogen) atoms. The molecule has 0 heterocycles. The lowest BCUT2D eigenvalue weighted by Crippen LogP contribution is -2.46. The molecule has 0 saturated carbocycles. The number of carbonyl (C=O) groups is 1. The number of carbonyl (C=O) groups excluding carboxylic acids is 1. The molecule has 0 fully saturated rings. The van der Waals surface area contributed by atoms with Crippen molar-refractivity contribution in [3.8, 4) is 0 Å². The Morgan fingerprint density at radius 3 is 2.42 bits per heavy atom. The fraction of sp³-hybridized carbons (Fsp3) is 0.316. The molecule has 2 aromatic carbocycles. The van der Waals surface area contributed by atoms with E-state index in [1.54, 1.807) is 0 Å². The zero-order valence-corrected chi connectivity index (χ0v) is 15.3. The van der Waals surface area contributed by atoms with E-state index in [-0.39, 0.29) is 17.3 Å². The Morgan fingerprint density at radius 2 is 1.77 bits per heavy atom. The first-order chi connectivity index (χ1) is 12.3. The van der Waals surface area contributed by atoms with Gasteiger partial charge < -0.3 is 10.4 Å². The average Bonchev–Trinajstić information content (AvgIpc) is 2.60. The van der Waals surface area contributed by atoms with E-state index in [1.807, 2.05) is 24.3 Å². The molecule has 1 aliphatic rings. The Bertz CT molecular complexity index is 909. The molecule has 2 aromatic rings. The second kappa shape index (κ2) is 7.19. The average molecular weight is 374 g/mol. The number of sulfonamides is 1. The van der Waals surface area contributed by atoms with Crippen molar-refractivity contribution in [2.45, 2.75) is 36.7 Å². The highest BCUT2D eigenvalue weighted by molar-refractivity contribution is 7.89. The summed E-state index contributed by atoms with van der Waals surface area (Å²) in [4.78, 5) is 11.1. The summed E-state index contributed by atoms with van der Waals surface area (Å²) in [5.41, 5.74) is 1.69. The van der Waals surface area contributed by atoms with E-state index >= 15 is 0 Å². The highest BCUT2D eigenvalue weighted by Gasteiger charge is 2.33. The van der Waals surface area contributed by atoms with Crippen molar-refractivity contribution in [2.24, 2.45) is 0 Å². The summed E-state index contributed by atoms with van der Waals surface area (Å²) in [5.74, 6) is -0.224. The van der Waals surface area contributed by atoms with Gasteiger partial charge in [0.1, 0.15) is 0 Å². The van der Waals surface area contributed by atoms with Gasteiger partial charge in [0, 0.05) is 25.6 Å². The van der Waals surface area contributed by atoms with Gasteiger partial charge in [0.05, 0.1) is 10.5 Å². The molecule has 0 aromatic heterocycles. The van der Waals surface area contributed by atoms with Crippen LogP contribution in [0.1, 0.15) is 24.5 Å². The van der Waals surface area contributed by atoms with Crippen LogP contribution in [0.15, 0.2) is 53.4 Å². The standard InChI is InChI=1S/C19H22N2O4S/c1-14(22)21-17-6-8-18(9-7-17)26(24,25)20-13-19(23)11-10-15-4-2-3-5-16(15)12-19/h2-9,20,23H,10-13H2,1H3,(H,21,22). The van der Waals surface area contributed by atoms with Crippen molar-refractivity contribution in [3.05, 3.63) is 59.7 Å². The minimum absolute atomic E-state index is 0.0445. The van der Waals surface area contributed by atoms with Crippen molar-refractivity contribution in [3.63, 3.8) is 0 Å². The Labute approximate surface area is 153 Å². The molecule has 0 radical (unpaired) electrons. The number of aryl methyl sites for hydroxylation is 1. The van der Waals surface area contributed by atoms with Gasteiger partial charge in [0.25, 0.3) is 0 Å². The maximum atomic E-state index is 12.5. The van der Waals surface area contributed by atoms with Crippen LogP contribution >= 0.6 is 0 Å². The van der Waals surface area contributed by atoms with Gasteiger partial charge in [-0.05, 0) is 48.2 Å². The summed E-state index contributed by atoms with van der Waals surface area (Å²) in [6, 6.07) is 13.8. The maximum Gasteiger partial charge on any atom is 0.240 e. The summed E-state index contributed by atoms with van der Waals surface area (Å²) < 4.78 is 27.5. The third-order valence-electron chi connectivity index (χ3n) is 4.57. The lowest BCUT2D eigenvalue weighted by molar-refractivity contribution is -0.114. The smallest absolute Gasteiger partial charge is 0.240 e. The van der Waals surface area contributed by atoms with Crippen molar-refractivity contribution in [1.29, 1.82) is 0 Å². The van der Waals surface area contributed by atoms with Crippen LogP contribution in [0.2, 0.25) is 0 Å².